The lowest BCUT2D eigenvalue weighted by atomic mass is 10.0. The Kier molecular flexibility index (Phi) is 5.23. The maximum atomic E-state index is 4.69. The van der Waals surface area contributed by atoms with Crippen LogP contribution in [0, 0.1) is 0 Å². The largest absolute Gasteiger partial charge is 0.309 e. The molecule has 8 aromatic rings. The van der Waals surface area contributed by atoms with E-state index in [2.05, 4.69) is 118 Å². The first-order valence-electron chi connectivity index (χ1n) is 14.6. The Morgan fingerprint density at radius 1 is 0.419 bits per heavy atom. The second-order valence-corrected chi connectivity index (χ2v) is 11.1. The van der Waals surface area contributed by atoms with Gasteiger partial charge in [-0.15, -0.1) is 10.2 Å². The molecule has 0 saturated heterocycles. The molecule has 4 nitrogen and oxygen atoms in total. The number of hydrogen-bond donors (Lipinski definition) is 0. The van der Waals surface area contributed by atoms with E-state index in [4.69, 9.17) is 10.2 Å². The average Bonchev–Trinajstić information content (AvgIpc) is 3.77. The lowest BCUT2D eigenvalue weighted by molar-refractivity contribution is 1.07. The van der Waals surface area contributed by atoms with Crippen molar-refractivity contribution in [1.29, 1.82) is 0 Å². The summed E-state index contributed by atoms with van der Waals surface area (Å²) in [6, 6.07) is 51.7. The van der Waals surface area contributed by atoms with Crippen molar-refractivity contribution in [2.45, 2.75) is 6.42 Å². The first kappa shape index (κ1) is 23.9. The zero-order valence-corrected chi connectivity index (χ0v) is 23.4. The van der Waals surface area contributed by atoms with Crippen LogP contribution in [0.3, 0.4) is 0 Å². The van der Waals surface area contributed by atoms with Crippen molar-refractivity contribution in [3.8, 4) is 45.3 Å². The van der Waals surface area contributed by atoms with Gasteiger partial charge in [0.2, 0.25) is 0 Å². The molecule has 202 valence electrons. The van der Waals surface area contributed by atoms with Gasteiger partial charge in [-0.25, -0.2) is 0 Å². The number of rotatable bonds is 4. The number of nitrogens with zero attached hydrogens (tertiary/aromatic N) is 4. The van der Waals surface area contributed by atoms with Crippen molar-refractivity contribution in [2.24, 2.45) is 0 Å². The number of fused-ring (bicyclic) bond motifs is 6. The van der Waals surface area contributed by atoms with Crippen molar-refractivity contribution in [2.75, 3.05) is 0 Å². The van der Waals surface area contributed by atoms with Crippen LogP contribution in [0.5, 0.6) is 0 Å². The van der Waals surface area contributed by atoms with Gasteiger partial charge in [0.15, 0.2) is 11.6 Å². The van der Waals surface area contributed by atoms with Crippen molar-refractivity contribution in [3.05, 3.63) is 157 Å². The molecule has 2 aromatic heterocycles. The summed E-state index contributed by atoms with van der Waals surface area (Å²) < 4.78 is 4.59. The lowest BCUT2D eigenvalue weighted by Crippen LogP contribution is -2.01. The summed E-state index contributed by atoms with van der Waals surface area (Å²) in [5, 5.41) is 11.9. The average molecular weight is 551 g/mol. The molecule has 0 fully saturated rings. The molecule has 1 aliphatic carbocycles. The van der Waals surface area contributed by atoms with Gasteiger partial charge in [-0.3, -0.25) is 4.57 Å². The van der Waals surface area contributed by atoms with Gasteiger partial charge in [0.1, 0.15) is 0 Å². The highest BCUT2D eigenvalue weighted by Gasteiger charge is 2.23. The minimum atomic E-state index is 0.830. The fraction of sp³-hybridized carbons (Fsp3) is 0.0256. The topological polar surface area (TPSA) is 35.6 Å². The molecule has 0 saturated carbocycles. The van der Waals surface area contributed by atoms with E-state index >= 15 is 0 Å². The minimum Gasteiger partial charge on any atom is -0.309 e. The van der Waals surface area contributed by atoms with E-state index in [0.29, 0.717) is 0 Å². The van der Waals surface area contributed by atoms with Crippen LogP contribution in [0.1, 0.15) is 11.1 Å². The quantitative estimate of drug-likeness (QED) is 0.219. The maximum absolute atomic E-state index is 4.69. The van der Waals surface area contributed by atoms with Crippen LogP contribution in [0.2, 0.25) is 0 Å². The van der Waals surface area contributed by atoms with Gasteiger partial charge in [0.25, 0.3) is 0 Å². The molecule has 0 spiro atoms. The number of para-hydroxylation sites is 2. The Hall–Kier alpha value is -5.74. The molecule has 0 radical (unpaired) electrons. The second-order valence-electron chi connectivity index (χ2n) is 11.1. The van der Waals surface area contributed by atoms with Crippen molar-refractivity contribution < 1.29 is 0 Å². The molecule has 0 atom stereocenters. The number of aromatic nitrogens is 4. The predicted octanol–water partition coefficient (Wildman–Crippen LogP) is 9.27. The molecule has 9 rings (SSSR count). The van der Waals surface area contributed by atoms with Crippen LogP contribution < -0.4 is 0 Å². The van der Waals surface area contributed by atoms with E-state index in [-0.39, 0.29) is 0 Å². The van der Waals surface area contributed by atoms with Crippen molar-refractivity contribution in [3.63, 3.8) is 0 Å². The predicted molar refractivity (Wildman–Crippen MR) is 175 cm³/mol. The zero-order chi connectivity index (χ0) is 28.3. The Morgan fingerprint density at radius 3 is 1.37 bits per heavy atom. The fourth-order valence-electron chi connectivity index (χ4n) is 6.70. The van der Waals surface area contributed by atoms with Gasteiger partial charge < -0.3 is 4.57 Å². The SMILES string of the molecule is c1ccc(-c2nnc(-c3ccccc3)n2-c2ccc3c(c2)-c2cc(-n4c5ccccc5c5ccccc54)ccc2C3)cc1. The first-order chi connectivity index (χ1) is 21.3. The summed E-state index contributed by atoms with van der Waals surface area (Å²) >= 11 is 0. The third-order valence-corrected chi connectivity index (χ3v) is 8.68. The van der Waals surface area contributed by atoms with Gasteiger partial charge in [-0.1, -0.05) is 109 Å². The van der Waals surface area contributed by atoms with Gasteiger partial charge in [-0.2, -0.15) is 0 Å². The molecule has 0 bridgehead atoms. The van der Waals surface area contributed by atoms with E-state index in [1.165, 1.54) is 49.7 Å². The second kappa shape index (κ2) is 9.40. The van der Waals surface area contributed by atoms with E-state index in [1.807, 2.05) is 36.4 Å². The highest BCUT2D eigenvalue weighted by Crippen LogP contribution is 2.41. The smallest absolute Gasteiger partial charge is 0.168 e. The molecule has 43 heavy (non-hydrogen) atoms. The van der Waals surface area contributed by atoms with Crippen LogP contribution in [0.4, 0.5) is 0 Å². The normalized spacial score (nSPS) is 12.1. The van der Waals surface area contributed by atoms with Crippen molar-refractivity contribution >= 4 is 21.8 Å². The molecule has 1 aliphatic rings. The molecule has 0 aliphatic heterocycles. The van der Waals surface area contributed by atoms with Gasteiger partial charge in [0, 0.05) is 33.3 Å². The number of benzene rings is 6. The molecular formula is C39H26N4. The summed E-state index contributed by atoms with van der Waals surface area (Å²) in [4.78, 5) is 0. The molecule has 2 heterocycles. The van der Waals surface area contributed by atoms with E-state index < -0.39 is 0 Å². The van der Waals surface area contributed by atoms with E-state index in [1.54, 1.807) is 0 Å². The van der Waals surface area contributed by atoms with Crippen LogP contribution in [0.25, 0.3) is 67.1 Å². The highest BCUT2D eigenvalue weighted by molar-refractivity contribution is 6.09. The Morgan fingerprint density at radius 2 is 0.860 bits per heavy atom. The fourth-order valence-corrected chi connectivity index (χ4v) is 6.70. The van der Waals surface area contributed by atoms with Crippen molar-refractivity contribution in [1.82, 2.24) is 19.3 Å². The van der Waals surface area contributed by atoms with Crippen LogP contribution in [-0.2, 0) is 6.42 Å². The van der Waals surface area contributed by atoms with E-state index in [0.717, 1.165) is 34.9 Å². The summed E-state index contributed by atoms with van der Waals surface area (Å²) in [5.74, 6) is 1.66. The highest BCUT2D eigenvalue weighted by atomic mass is 15.3. The monoisotopic (exact) mass is 550 g/mol. The summed E-state index contributed by atoms with van der Waals surface area (Å²) in [7, 11) is 0. The Bertz CT molecular complexity index is 2200. The van der Waals surface area contributed by atoms with Crippen LogP contribution in [-0.4, -0.2) is 19.3 Å². The maximum Gasteiger partial charge on any atom is 0.168 e. The van der Waals surface area contributed by atoms with Crippen LogP contribution >= 0.6 is 0 Å². The molecular weight excluding hydrogens is 524 g/mol. The summed E-state index contributed by atoms with van der Waals surface area (Å²) in [6.45, 7) is 0. The Balaban J connectivity index is 1.24. The lowest BCUT2D eigenvalue weighted by Gasteiger charge is -2.14. The third kappa shape index (κ3) is 3.70. The standard InChI is InChI=1S/C39H26N4/c1-3-11-26(12-4-1)38-40-41-39(27-13-5-2-6-14-27)43(38)31-22-20-29-23-28-19-21-30(24-34(28)35(29)25-31)42-36-17-9-7-15-32(36)33-16-8-10-18-37(33)42/h1-22,24-25H,23H2. The number of hydrogen-bond acceptors (Lipinski definition) is 2. The summed E-state index contributed by atoms with van der Waals surface area (Å²) in [6.07, 6.45) is 0.928. The molecule has 6 aromatic carbocycles. The van der Waals surface area contributed by atoms with Gasteiger partial charge in [0.05, 0.1) is 11.0 Å². The molecule has 4 heteroatoms. The van der Waals surface area contributed by atoms with Gasteiger partial charge >= 0.3 is 0 Å². The minimum absolute atomic E-state index is 0.830. The molecule has 0 unspecified atom stereocenters. The van der Waals surface area contributed by atoms with E-state index in [9.17, 15) is 0 Å². The zero-order valence-electron chi connectivity index (χ0n) is 23.4. The van der Waals surface area contributed by atoms with Gasteiger partial charge in [-0.05, 0) is 65.1 Å². The third-order valence-electron chi connectivity index (χ3n) is 8.68. The summed E-state index contributed by atoms with van der Waals surface area (Å²) in [5.41, 5.74) is 12.0. The first-order valence-corrected chi connectivity index (χ1v) is 14.6. The Labute approximate surface area is 249 Å². The molecule has 0 amide bonds. The molecule has 0 N–H and O–H groups in total. The van der Waals surface area contributed by atoms with Crippen LogP contribution in [0.15, 0.2) is 146 Å².